The minimum Gasteiger partial charge on any atom is -0.486 e. The van der Waals surface area contributed by atoms with Crippen LogP contribution in [0.3, 0.4) is 0 Å². The molecule has 0 spiro atoms. The number of aromatic nitrogens is 3. The lowest BCUT2D eigenvalue weighted by Crippen LogP contribution is -2.25. The van der Waals surface area contributed by atoms with Gasteiger partial charge in [0.05, 0.1) is 24.4 Å². The quantitative estimate of drug-likeness (QED) is 0.780. The zero-order chi connectivity index (χ0) is 16.7. The lowest BCUT2D eigenvalue weighted by atomic mass is 10.2. The number of rotatable bonds is 8. The van der Waals surface area contributed by atoms with E-state index in [1.807, 2.05) is 6.20 Å². The van der Waals surface area contributed by atoms with Gasteiger partial charge >= 0.3 is 6.09 Å². The number of hydrogen-bond acceptors (Lipinski definition) is 4. The second kappa shape index (κ2) is 8.11. The summed E-state index contributed by atoms with van der Waals surface area (Å²) in [5.74, 6) is 1.03. The Balaban J connectivity index is 1.98. The van der Waals surface area contributed by atoms with E-state index < -0.39 is 6.09 Å². The molecule has 2 N–H and O–H groups in total. The van der Waals surface area contributed by atoms with Crippen molar-refractivity contribution >= 4 is 11.9 Å². The highest BCUT2D eigenvalue weighted by molar-refractivity contribution is 5.64. The molecule has 23 heavy (non-hydrogen) atoms. The number of nitrogens with one attached hydrogen (secondary N) is 1. The van der Waals surface area contributed by atoms with Gasteiger partial charge in [0.1, 0.15) is 6.61 Å². The SMILES string of the molecule is CCCCc1cn2cc(OCC(=CF)CNC(=O)O)cnc2n1. The molecule has 0 aromatic carbocycles. The normalized spacial score (nSPS) is 11.7. The molecule has 2 aromatic rings. The summed E-state index contributed by atoms with van der Waals surface area (Å²) in [6.07, 6.45) is 7.28. The van der Waals surface area contributed by atoms with Crippen LogP contribution in [0.4, 0.5) is 9.18 Å². The van der Waals surface area contributed by atoms with E-state index in [0.29, 0.717) is 17.9 Å². The van der Waals surface area contributed by atoms with Crippen LogP contribution in [-0.4, -0.2) is 38.7 Å². The minimum absolute atomic E-state index is 0.0681. The van der Waals surface area contributed by atoms with Gasteiger partial charge < -0.3 is 15.2 Å². The number of aryl methyl sites for hydroxylation is 1. The molecule has 0 aliphatic carbocycles. The molecule has 0 saturated carbocycles. The summed E-state index contributed by atoms with van der Waals surface area (Å²) in [5.41, 5.74) is 1.15. The van der Waals surface area contributed by atoms with Crippen LogP contribution >= 0.6 is 0 Å². The fraction of sp³-hybridized carbons (Fsp3) is 0.400. The second-order valence-corrected chi connectivity index (χ2v) is 5.05. The summed E-state index contributed by atoms with van der Waals surface area (Å²) in [6, 6.07) is 0. The number of imidazole rings is 1. The molecule has 0 aliphatic rings. The van der Waals surface area contributed by atoms with Crippen LogP contribution in [0.1, 0.15) is 25.5 Å². The van der Waals surface area contributed by atoms with Gasteiger partial charge in [0.2, 0.25) is 5.78 Å². The van der Waals surface area contributed by atoms with Crippen LogP contribution in [0.25, 0.3) is 5.78 Å². The van der Waals surface area contributed by atoms with Gasteiger partial charge in [-0.15, -0.1) is 0 Å². The topological polar surface area (TPSA) is 88.8 Å². The third-order valence-electron chi connectivity index (χ3n) is 3.17. The zero-order valence-corrected chi connectivity index (χ0v) is 12.8. The number of hydrogen-bond donors (Lipinski definition) is 2. The van der Waals surface area contributed by atoms with Crippen LogP contribution in [-0.2, 0) is 6.42 Å². The highest BCUT2D eigenvalue weighted by atomic mass is 19.1. The van der Waals surface area contributed by atoms with E-state index in [0.717, 1.165) is 25.0 Å². The number of amides is 1. The molecule has 0 bridgehead atoms. The molecular formula is C15H19FN4O3. The van der Waals surface area contributed by atoms with Gasteiger partial charge in [-0.1, -0.05) is 13.3 Å². The van der Waals surface area contributed by atoms with Crippen molar-refractivity contribution in [3.63, 3.8) is 0 Å². The molecular weight excluding hydrogens is 303 g/mol. The number of carbonyl (C=O) groups is 1. The van der Waals surface area contributed by atoms with E-state index in [9.17, 15) is 9.18 Å². The number of carboxylic acid groups (broad SMARTS) is 1. The van der Waals surface area contributed by atoms with E-state index in [2.05, 4.69) is 22.2 Å². The lowest BCUT2D eigenvalue weighted by Gasteiger charge is -2.08. The largest absolute Gasteiger partial charge is 0.486 e. The van der Waals surface area contributed by atoms with Crippen molar-refractivity contribution in [2.45, 2.75) is 26.2 Å². The summed E-state index contributed by atoms with van der Waals surface area (Å²) >= 11 is 0. The number of nitrogens with zero attached hydrogens (tertiary/aromatic N) is 3. The van der Waals surface area contributed by atoms with E-state index >= 15 is 0 Å². The van der Waals surface area contributed by atoms with Crippen molar-refractivity contribution in [3.8, 4) is 5.75 Å². The summed E-state index contributed by atoms with van der Waals surface area (Å²) in [7, 11) is 0. The van der Waals surface area contributed by atoms with Gasteiger partial charge in [0.15, 0.2) is 5.75 Å². The molecule has 2 rings (SSSR count). The van der Waals surface area contributed by atoms with Crippen LogP contribution in [0, 0.1) is 0 Å². The van der Waals surface area contributed by atoms with Crippen molar-refractivity contribution in [2.75, 3.05) is 13.2 Å². The molecule has 1 amide bonds. The predicted molar refractivity (Wildman–Crippen MR) is 82.3 cm³/mol. The molecule has 0 atom stereocenters. The van der Waals surface area contributed by atoms with Crippen molar-refractivity contribution in [2.24, 2.45) is 0 Å². The number of ether oxygens (including phenoxy) is 1. The number of halogens is 1. The maximum absolute atomic E-state index is 12.7. The van der Waals surface area contributed by atoms with Crippen molar-refractivity contribution in [3.05, 3.63) is 36.2 Å². The van der Waals surface area contributed by atoms with E-state index in [-0.39, 0.29) is 18.7 Å². The van der Waals surface area contributed by atoms with Gasteiger partial charge in [0, 0.05) is 18.3 Å². The third kappa shape index (κ3) is 4.94. The van der Waals surface area contributed by atoms with Crippen molar-refractivity contribution in [1.82, 2.24) is 19.7 Å². The molecule has 0 saturated heterocycles. The summed E-state index contributed by atoms with van der Waals surface area (Å²) in [5, 5.41) is 10.6. The molecule has 7 nitrogen and oxygen atoms in total. The second-order valence-electron chi connectivity index (χ2n) is 5.05. The molecule has 2 heterocycles. The first kappa shape index (κ1) is 16.7. The number of fused-ring (bicyclic) bond motifs is 1. The highest BCUT2D eigenvalue weighted by Crippen LogP contribution is 2.13. The van der Waals surface area contributed by atoms with Gasteiger partial charge in [-0.25, -0.2) is 19.2 Å². The minimum atomic E-state index is -1.22. The molecule has 8 heteroatoms. The van der Waals surface area contributed by atoms with Gasteiger partial charge in [-0.2, -0.15) is 0 Å². The maximum Gasteiger partial charge on any atom is 0.404 e. The lowest BCUT2D eigenvalue weighted by molar-refractivity contribution is 0.195. The van der Waals surface area contributed by atoms with Crippen molar-refractivity contribution < 1.29 is 19.0 Å². The van der Waals surface area contributed by atoms with Crippen LogP contribution < -0.4 is 10.1 Å². The van der Waals surface area contributed by atoms with Gasteiger partial charge in [-0.3, -0.25) is 4.40 Å². The average Bonchev–Trinajstić information content (AvgIpc) is 2.94. The van der Waals surface area contributed by atoms with E-state index in [4.69, 9.17) is 9.84 Å². The Hall–Kier alpha value is -2.64. The van der Waals surface area contributed by atoms with Crippen LogP contribution in [0.5, 0.6) is 5.75 Å². The highest BCUT2D eigenvalue weighted by Gasteiger charge is 2.06. The van der Waals surface area contributed by atoms with Crippen LogP contribution in [0.2, 0.25) is 0 Å². The Morgan fingerprint density at radius 2 is 2.35 bits per heavy atom. The Morgan fingerprint density at radius 1 is 1.52 bits per heavy atom. The van der Waals surface area contributed by atoms with Crippen LogP contribution in [0.15, 0.2) is 30.5 Å². The Bertz CT molecular complexity index is 699. The third-order valence-corrected chi connectivity index (χ3v) is 3.17. The Kier molecular flexibility index (Phi) is 5.90. The van der Waals surface area contributed by atoms with E-state index in [1.54, 1.807) is 10.6 Å². The first-order valence-electron chi connectivity index (χ1n) is 7.33. The summed E-state index contributed by atoms with van der Waals surface area (Å²) in [4.78, 5) is 19.0. The molecule has 124 valence electrons. The average molecular weight is 322 g/mol. The van der Waals surface area contributed by atoms with Gasteiger partial charge in [0.25, 0.3) is 0 Å². The molecule has 0 radical (unpaired) electrons. The van der Waals surface area contributed by atoms with Gasteiger partial charge in [-0.05, 0) is 12.8 Å². The molecule has 2 aromatic heterocycles. The Morgan fingerprint density at radius 3 is 3.04 bits per heavy atom. The monoisotopic (exact) mass is 322 g/mol. The van der Waals surface area contributed by atoms with E-state index in [1.165, 1.54) is 6.20 Å². The molecule has 0 aliphatic heterocycles. The summed E-state index contributed by atoms with van der Waals surface area (Å²) < 4.78 is 19.9. The summed E-state index contributed by atoms with van der Waals surface area (Å²) in [6.45, 7) is 1.92. The molecule has 0 fully saturated rings. The number of unbranched alkanes of at least 4 members (excludes halogenated alkanes) is 1. The first-order valence-corrected chi connectivity index (χ1v) is 7.33. The fourth-order valence-corrected chi connectivity index (χ4v) is 1.95. The smallest absolute Gasteiger partial charge is 0.404 e. The van der Waals surface area contributed by atoms with Crippen molar-refractivity contribution in [1.29, 1.82) is 0 Å². The standard InChI is InChI=1S/C15H19FN4O3/c1-2-3-4-12-8-20-9-13(7-17-14(20)19-12)23-10-11(5-16)6-18-15(21)22/h5,7-9,18H,2-4,6,10H2,1H3,(H,21,22). The Labute approximate surface area is 132 Å². The molecule has 0 unspecified atom stereocenters. The maximum atomic E-state index is 12.7. The zero-order valence-electron chi connectivity index (χ0n) is 12.8. The first-order chi connectivity index (χ1) is 11.1. The fourth-order valence-electron chi connectivity index (χ4n) is 1.95. The predicted octanol–water partition coefficient (Wildman–Crippen LogP) is 2.57.